The molecule has 3 heterocycles. The SMILES string of the molecule is CCC1=CC(C)(S(=O)(=O)c2ccc3c(c2)nc(C(C)(C)C)n3CC2CCOCC2)CO1.FCF. The summed E-state index contributed by atoms with van der Waals surface area (Å²) in [6.07, 6.45) is 4.53. The van der Waals surface area contributed by atoms with Gasteiger partial charge in [0.25, 0.3) is 0 Å². The van der Waals surface area contributed by atoms with Gasteiger partial charge < -0.3 is 14.0 Å². The van der Waals surface area contributed by atoms with Gasteiger partial charge in [0.15, 0.2) is 9.84 Å². The van der Waals surface area contributed by atoms with Gasteiger partial charge in [-0.15, -0.1) is 0 Å². The smallest absolute Gasteiger partial charge is 0.229 e. The standard InChI is InChI=1S/C24H34N2O4S.CH2F2/c1-6-18-14-24(5,16-30-18)31(27,28)19-7-8-21-20(13-19)25-22(23(2,3)4)26(21)15-17-9-11-29-12-10-17;2-1-3/h7-8,13-14,17H,6,9-12,15-16H2,1-5H3;1H2. The number of aromatic nitrogens is 2. The summed E-state index contributed by atoms with van der Waals surface area (Å²) >= 11 is 0. The van der Waals surface area contributed by atoms with Crippen LogP contribution in [0.25, 0.3) is 11.0 Å². The number of hydrogen-bond donors (Lipinski definition) is 0. The van der Waals surface area contributed by atoms with Gasteiger partial charge >= 0.3 is 0 Å². The van der Waals surface area contributed by atoms with Crippen LogP contribution >= 0.6 is 0 Å². The van der Waals surface area contributed by atoms with E-state index in [1.54, 1.807) is 25.1 Å². The molecular formula is C25H36F2N2O4S. The third kappa shape index (κ3) is 5.30. The molecule has 6 nitrogen and oxygen atoms in total. The molecule has 1 saturated heterocycles. The van der Waals surface area contributed by atoms with Crippen LogP contribution in [0.15, 0.2) is 34.9 Å². The van der Waals surface area contributed by atoms with Crippen LogP contribution < -0.4 is 0 Å². The summed E-state index contributed by atoms with van der Waals surface area (Å²) in [5.41, 5.74) is 1.58. The van der Waals surface area contributed by atoms with Gasteiger partial charge in [0.1, 0.15) is 17.2 Å². The van der Waals surface area contributed by atoms with E-state index in [0.717, 1.165) is 55.2 Å². The Morgan fingerprint density at radius 3 is 2.41 bits per heavy atom. The number of nitrogens with zero attached hydrogens (tertiary/aromatic N) is 2. The quantitative estimate of drug-likeness (QED) is 0.544. The maximum atomic E-state index is 13.5. The number of alkyl halides is 2. The molecule has 2 aliphatic heterocycles. The minimum atomic E-state index is -3.61. The van der Waals surface area contributed by atoms with Crippen molar-refractivity contribution in [2.24, 2.45) is 5.92 Å². The Labute approximate surface area is 201 Å². The van der Waals surface area contributed by atoms with Crippen LogP contribution in [0.5, 0.6) is 0 Å². The Balaban J connectivity index is 0.00000103. The molecule has 0 amide bonds. The Bertz CT molecular complexity index is 1130. The fourth-order valence-corrected chi connectivity index (χ4v) is 6.06. The fraction of sp³-hybridized carbons (Fsp3) is 0.640. The second-order valence-corrected chi connectivity index (χ2v) is 12.6. The summed E-state index contributed by atoms with van der Waals surface area (Å²) in [4.78, 5) is 5.23. The predicted octanol–water partition coefficient (Wildman–Crippen LogP) is 5.50. The first-order chi connectivity index (χ1) is 16.0. The van der Waals surface area contributed by atoms with E-state index in [4.69, 9.17) is 14.5 Å². The van der Waals surface area contributed by atoms with Crippen LogP contribution in [-0.2, 0) is 31.3 Å². The number of imidazole rings is 1. The van der Waals surface area contributed by atoms with E-state index in [0.29, 0.717) is 17.2 Å². The van der Waals surface area contributed by atoms with Crippen LogP contribution in [0.3, 0.4) is 0 Å². The molecular weight excluding hydrogens is 462 g/mol. The number of rotatable bonds is 5. The van der Waals surface area contributed by atoms with Crippen LogP contribution in [0.2, 0.25) is 0 Å². The van der Waals surface area contributed by atoms with E-state index in [2.05, 4.69) is 25.3 Å². The molecule has 0 N–H and O–H groups in total. The van der Waals surface area contributed by atoms with E-state index in [1.807, 2.05) is 13.0 Å². The molecule has 34 heavy (non-hydrogen) atoms. The van der Waals surface area contributed by atoms with Crippen molar-refractivity contribution in [2.75, 3.05) is 26.7 Å². The monoisotopic (exact) mass is 498 g/mol. The number of benzene rings is 1. The lowest BCUT2D eigenvalue weighted by Gasteiger charge is -2.26. The molecule has 1 aromatic heterocycles. The van der Waals surface area contributed by atoms with Crippen molar-refractivity contribution in [2.45, 2.75) is 75.5 Å². The molecule has 0 aliphatic carbocycles. The highest BCUT2D eigenvalue weighted by molar-refractivity contribution is 7.93. The van der Waals surface area contributed by atoms with Gasteiger partial charge in [-0.3, -0.25) is 0 Å². The normalized spacial score (nSPS) is 21.7. The topological polar surface area (TPSA) is 70.4 Å². The molecule has 2 aromatic rings. The summed E-state index contributed by atoms with van der Waals surface area (Å²) in [6, 6.07) is 5.39. The van der Waals surface area contributed by atoms with Crippen molar-refractivity contribution >= 4 is 20.9 Å². The van der Waals surface area contributed by atoms with Crippen LogP contribution in [-0.4, -0.2) is 49.5 Å². The molecule has 0 saturated carbocycles. The van der Waals surface area contributed by atoms with Gasteiger partial charge in [0.05, 0.1) is 21.7 Å². The Morgan fingerprint density at radius 2 is 1.85 bits per heavy atom. The number of ether oxygens (including phenoxy) is 2. The molecule has 0 bridgehead atoms. The molecule has 2 aliphatic rings. The van der Waals surface area contributed by atoms with Gasteiger partial charge in [-0.1, -0.05) is 27.7 Å². The van der Waals surface area contributed by atoms with E-state index in [-0.39, 0.29) is 12.0 Å². The minimum absolute atomic E-state index is 0.146. The third-order valence-electron chi connectivity index (χ3n) is 6.46. The van der Waals surface area contributed by atoms with Crippen molar-refractivity contribution < 1.29 is 26.7 Å². The predicted molar refractivity (Wildman–Crippen MR) is 129 cm³/mol. The largest absolute Gasteiger partial charge is 0.496 e. The second kappa shape index (κ2) is 10.3. The lowest BCUT2D eigenvalue weighted by molar-refractivity contribution is 0.0611. The summed E-state index contributed by atoms with van der Waals surface area (Å²) in [7, 11) is -3.61. The molecule has 1 atom stereocenters. The first-order valence-corrected chi connectivity index (χ1v) is 13.2. The number of allylic oxidation sites excluding steroid dienone is 1. The van der Waals surface area contributed by atoms with Crippen molar-refractivity contribution in [3.05, 3.63) is 35.9 Å². The summed E-state index contributed by atoms with van der Waals surface area (Å²) in [5.74, 6) is 2.28. The number of fused-ring (bicyclic) bond motifs is 1. The zero-order valence-corrected chi connectivity index (χ0v) is 21.6. The zero-order valence-electron chi connectivity index (χ0n) is 20.7. The Hall–Kier alpha value is -2.00. The van der Waals surface area contributed by atoms with Gasteiger partial charge in [-0.05, 0) is 50.0 Å². The molecule has 1 fully saturated rings. The summed E-state index contributed by atoms with van der Waals surface area (Å²) in [5, 5.41) is 0. The molecule has 1 unspecified atom stereocenters. The average Bonchev–Trinajstić information content (AvgIpc) is 3.36. The molecule has 0 radical (unpaired) electrons. The minimum Gasteiger partial charge on any atom is -0.496 e. The first kappa shape index (κ1) is 26.6. The maximum Gasteiger partial charge on any atom is 0.229 e. The van der Waals surface area contributed by atoms with E-state index < -0.39 is 21.5 Å². The lowest BCUT2D eigenvalue weighted by atomic mass is 9.94. The van der Waals surface area contributed by atoms with E-state index in [1.165, 1.54) is 0 Å². The molecule has 1 aromatic carbocycles. The summed E-state index contributed by atoms with van der Waals surface area (Å²) in [6.45, 7) is 11.1. The molecule has 9 heteroatoms. The van der Waals surface area contributed by atoms with Gasteiger partial charge in [-0.2, -0.15) is 0 Å². The summed E-state index contributed by atoms with van der Waals surface area (Å²) < 4.78 is 58.6. The number of sulfone groups is 1. The van der Waals surface area contributed by atoms with Gasteiger partial charge in [0, 0.05) is 31.6 Å². The Kier molecular flexibility index (Phi) is 8.07. The number of hydrogen-bond acceptors (Lipinski definition) is 5. The van der Waals surface area contributed by atoms with Gasteiger partial charge in [-0.25, -0.2) is 22.2 Å². The zero-order chi connectivity index (χ0) is 25.1. The second-order valence-electron chi connectivity index (χ2n) is 10.2. The highest BCUT2D eigenvalue weighted by Crippen LogP contribution is 2.36. The van der Waals surface area contributed by atoms with Crippen molar-refractivity contribution in [1.82, 2.24) is 9.55 Å². The Morgan fingerprint density at radius 1 is 1.21 bits per heavy atom. The van der Waals surface area contributed by atoms with Crippen molar-refractivity contribution in [3.8, 4) is 0 Å². The molecule has 0 spiro atoms. The van der Waals surface area contributed by atoms with Crippen LogP contribution in [0.4, 0.5) is 8.78 Å². The fourth-order valence-electron chi connectivity index (χ4n) is 4.51. The third-order valence-corrected chi connectivity index (χ3v) is 8.79. The van der Waals surface area contributed by atoms with E-state index >= 15 is 0 Å². The lowest BCUT2D eigenvalue weighted by Crippen LogP contribution is -2.35. The molecule has 190 valence electrons. The molecule has 4 rings (SSSR count). The highest BCUT2D eigenvalue weighted by atomic mass is 32.2. The van der Waals surface area contributed by atoms with Gasteiger partial charge in [0.2, 0.25) is 6.93 Å². The first-order valence-electron chi connectivity index (χ1n) is 11.8. The van der Waals surface area contributed by atoms with E-state index in [9.17, 15) is 17.2 Å². The maximum absolute atomic E-state index is 13.5. The van der Waals surface area contributed by atoms with Crippen LogP contribution in [0.1, 0.15) is 59.7 Å². The average molecular weight is 499 g/mol. The van der Waals surface area contributed by atoms with Crippen molar-refractivity contribution in [1.29, 1.82) is 0 Å². The van der Waals surface area contributed by atoms with Crippen molar-refractivity contribution in [3.63, 3.8) is 0 Å². The van der Waals surface area contributed by atoms with Crippen LogP contribution in [0, 0.1) is 5.92 Å². The number of halogens is 2. The highest BCUT2D eigenvalue weighted by Gasteiger charge is 2.43.